The Morgan fingerprint density at radius 2 is 1.35 bits per heavy atom. The second-order valence-electron chi connectivity index (χ2n) is 4.89. The van der Waals surface area contributed by atoms with Gasteiger partial charge in [-0.15, -0.1) is 11.3 Å². The fourth-order valence-corrected chi connectivity index (χ4v) is 3.86. The Balaban J connectivity index is 1.97. The average molecular weight is 365 g/mol. The molecule has 3 rings (SSSR count). The van der Waals surface area contributed by atoms with Crippen LogP contribution in [-0.2, 0) is 0 Å². The second kappa shape index (κ2) is 6.83. The molecule has 3 aromatic rings. The van der Waals surface area contributed by atoms with Crippen LogP contribution in [0.1, 0.15) is 0 Å². The highest BCUT2D eigenvalue weighted by atomic mass is 35.5. The molecule has 118 valence electrons. The monoisotopic (exact) mass is 364 g/mol. The Morgan fingerprint density at radius 1 is 0.783 bits per heavy atom. The van der Waals surface area contributed by atoms with Crippen LogP contribution in [-0.4, -0.2) is 14.2 Å². The minimum atomic E-state index is 0.662. The number of halogens is 2. The molecule has 0 aliphatic rings. The van der Waals surface area contributed by atoms with Crippen molar-refractivity contribution in [2.24, 2.45) is 0 Å². The number of thiophene rings is 1. The maximum absolute atomic E-state index is 6.35. The van der Waals surface area contributed by atoms with E-state index in [-0.39, 0.29) is 0 Å². The van der Waals surface area contributed by atoms with Gasteiger partial charge in [0.25, 0.3) is 0 Å². The van der Waals surface area contributed by atoms with E-state index in [0.717, 1.165) is 33.1 Å². The fraction of sp³-hybridized carbons (Fsp3) is 0.111. The van der Waals surface area contributed by atoms with E-state index in [4.69, 9.17) is 32.7 Å². The molecule has 5 heteroatoms. The molecule has 0 atom stereocenters. The minimum absolute atomic E-state index is 0.662. The maximum atomic E-state index is 6.35. The van der Waals surface area contributed by atoms with Gasteiger partial charge in [0, 0.05) is 16.0 Å². The van der Waals surface area contributed by atoms with Crippen molar-refractivity contribution in [2.75, 3.05) is 14.2 Å². The van der Waals surface area contributed by atoms with Crippen LogP contribution in [0.5, 0.6) is 11.5 Å². The van der Waals surface area contributed by atoms with E-state index < -0.39 is 0 Å². The van der Waals surface area contributed by atoms with Gasteiger partial charge < -0.3 is 9.47 Å². The Morgan fingerprint density at radius 3 is 1.87 bits per heavy atom. The molecule has 0 spiro atoms. The van der Waals surface area contributed by atoms with Crippen molar-refractivity contribution in [3.8, 4) is 33.1 Å². The largest absolute Gasteiger partial charge is 0.497 e. The third-order valence-corrected chi connectivity index (χ3v) is 5.12. The van der Waals surface area contributed by atoms with Crippen LogP contribution in [0.4, 0.5) is 0 Å². The van der Waals surface area contributed by atoms with Gasteiger partial charge in [-0.25, -0.2) is 0 Å². The lowest BCUT2D eigenvalue weighted by Crippen LogP contribution is -1.84. The molecule has 2 aromatic carbocycles. The molecular weight excluding hydrogens is 351 g/mol. The summed E-state index contributed by atoms with van der Waals surface area (Å²) in [4.78, 5) is 1.08. The van der Waals surface area contributed by atoms with E-state index in [2.05, 4.69) is 11.4 Å². The Kier molecular flexibility index (Phi) is 4.81. The van der Waals surface area contributed by atoms with Gasteiger partial charge in [-0.3, -0.25) is 0 Å². The lowest BCUT2D eigenvalue weighted by atomic mass is 10.1. The maximum Gasteiger partial charge on any atom is 0.120 e. The van der Waals surface area contributed by atoms with E-state index in [1.165, 1.54) is 0 Å². The number of hydrogen-bond donors (Lipinski definition) is 0. The molecule has 0 N–H and O–H groups in total. The van der Waals surface area contributed by atoms with Crippen LogP contribution in [0, 0.1) is 0 Å². The first-order valence-electron chi connectivity index (χ1n) is 6.88. The smallest absolute Gasteiger partial charge is 0.120 e. The fourth-order valence-electron chi connectivity index (χ4n) is 2.30. The van der Waals surface area contributed by atoms with Crippen molar-refractivity contribution < 1.29 is 9.47 Å². The highest BCUT2D eigenvalue weighted by Crippen LogP contribution is 2.40. The van der Waals surface area contributed by atoms with Crippen LogP contribution in [0.15, 0.2) is 47.8 Å². The van der Waals surface area contributed by atoms with Crippen LogP contribution >= 0.6 is 34.5 Å². The van der Waals surface area contributed by atoms with Crippen molar-refractivity contribution in [2.45, 2.75) is 0 Å². The van der Waals surface area contributed by atoms with Gasteiger partial charge in [-0.05, 0) is 53.4 Å². The second-order valence-corrected chi connectivity index (χ2v) is 6.62. The molecule has 0 aliphatic heterocycles. The molecule has 1 aromatic heterocycles. The summed E-state index contributed by atoms with van der Waals surface area (Å²) < 4.78 is 10.4. The third-order valence-electron chi connectivity index (χ3n) is 3.53. The molecule has 0 aliphatic carbocycles. The number of hydrogen-bond acceptors (Lipinski definition) is 3. The van der Waals surface area contributed by atoms with Gasteiger partial charge in [0.2, 0.25) is 0 Å². The van der Waals surface area contributed by atoms with Gasteiger partial charge in [0.15, 0.2) is 0 Å². The van der Waals surface area contributed by atoms with E-state index in [9.17, 15) is 0 Å². The molecule has 1 heterocycles. The summed E-state index contributed by atoms with van der Waals surface area (Å²) in [5, 5.41) is 3.40. The topological polar surface area (TPSA) is 18.5 Å². The number of rotatable bonds is 4. The van der Waals surface area contributed by atoms with Gasteiger partial charge in [0.05, 0.1) is 24.3 Å². The van der Waals surface area contributed by atoms with Crippen molar-refractivity contribution in [3.05, 3.63) is 57.9 Å². The number of benzene rings is 2. The SMILES string of the molecule is COc1ccc(-c2csc(-c3ccc(OC)cc3Cl)c2)c(Cl)c1. The van der Waals surface area contributed by atoms with Gasteiger partial charge in [-0.1, -0.05) is 23.2 Å². The highest BCUT2D eigenvalue weighted by molar-refractivity contribution is 7.14. The molecule has 23 heavy (non-hydrogen) atoms. The van der Waals surface area contributed by atoms with Crippen LogP contribution in [0.3, 0.4) is 0 Å². The first-order chi connectivity index (χ1) is 11.1. The summed E-state index contributed by atoms with van der Waals surface area (Å²) >= 11 is 14.3. The van der Waals surface area contributed by atoms with Crippen molar-refractivity contribution in [1.29, 1.82) is 0 Å². The van der Waals surface area contributed by atoms with Gasteiger partial charge in [-0.2, -0.15) is 0 Å². The van der Waals surface area contributed by atoms with Gasteiger partial charge >= 0.3 is 0 Å². The average Bonchev–Trinajstić information content (AvgIpc) is 3.03. The van der Waals surface area contributed by atoms with Crippen molar-refractivity contribution in [1.82, 2.24) is 0 Å². The number of ether oxygens (including phenoxy) is 2. The number of methoxy groups -OCH3 is 2. The lowest BCUT2D eigenvalue weighted by molar-refractivity contribution is 0.415. The predicted octanol–water partition coefficient (Wildman–Crippen LogP) is 6.41. The zero-order valence-electron chi connectivity index (χ0n) is 12.6. The quantitative estimate of drug-likeness (QED) is 0.532. The van der Waals surface area contributed by atoms with Crippen molar-refractivity contribution >= 4 is 34.5 Å². The van der Waals surface area contributed by atoms with Gasteiger partial charge in [0.1, 0.15) is 11.5 Å². The minimum Gasteiger partial charge on any atom is -0.497 e. The highest BCUT2D eigenvalue weighted by Gasteiger charge is 2.11. The molecule has 0 saturated carbocycles. The molecule has 0 saturated heterocycles. The summed E-state index contributed by atoms with van der Waals surface area (Å²) in [7, 11) is 3.25. The van der Waals surface area contributed by atoms with E-state index in [1.54, 1.807) is 25.6 Å². The summed E-state index contributed by atoms with van der Waals surface area (Å²) in [6, 6.07) is 13.5. The van der Waals surface area contributed by atoms with Crippen molar-refractivity contribution in [3.63, 3.8) is 0 Å². The van der Waals surface area contributed by atoms with E-state index in [0.29, 0.717) is 10.0 Å². The molecule has 2 nitrogen and oxygen atoms in total. The molecule has 0 radical (unpaired) electrons. The zero-order valence-corrected chi connectivity index (χ0v) is 14.9. The summed E-state index contributed by atoms with van der Waals surface area (Å²) in [6.45, 7) is 0. The molecular formula is C18H14Cl2O2S. The Bertz CT molecular complexity index is 775. The summed E-state index contributed by atoms with van der Waals surface area (Å²) in [6.07, 6.45) is 0. The van der Waals surface area contributed by atoms with E-state index in [1.807, 2.05) is 36.4 Å². The Hall–Kier alpha value is -1.68. The summed E-state index contributed by atoms with van der Waals surface area (Å²) in [5.41, 5.74) is 3.01. The molecule has 0 amide bonds. The molecule has 0 bridgehead atoms. The first-order valence-corrected chi connectivity index (χ1v) is 8.52. The van der Waals surface area contributed by atoms with Crippen LogP contribution < -0.4 is 9.47 Å². The Labute approximate surface area is 149 Å². The summed E-state index contributed by atoms with van der Waals surface area (Å²) in [5.74, 6) is 1.49. The normalized spacial score (nSPS) is 10.6. The molecule has 0 fully saturated rings. The third kappa shape index (κ3) is 3.32. The lowest BCUT2D eigenvalue weighted by Gasteiger charge is -2.05. The standard InChI is InChI=1S/C18H14Cl2O2S/c1-21-12-3-5-14(16(19)8-12)11-7-18(23-10-11)15-6-4-13(22-2)9-17(15)20/h3-10H,1-2H3. The zero-order chi connectivity index (χ0) is 16.4. The van der Waals surface area contributed by atoms with Crippen LogP contribution in [0.25, 0.3) is 21.6 Å². The molecule has 0 unspecified atom stereocenters. The predicted molar refractivity (Wildman–Crippen MR) is 98.3 cm³/mol. The first kappa shape index (κ1) is 16.2. The van der Waals surface area contributed by atoms with Crippen LogP contribution in [0.2, 0.25) is 10.0 Å². The van der Waals surface area contributed by atoms with E-state index >= 15 is 0 Å².